The minimum absolute atomic E-state index is 0.185. The van der Waals surface area contributed by atoms with Crippen molar-refractivity contribution in [3.8, 4) is 0 Å². The van der Waals surface area contributed by atoms with Crippen LogP contribution in [0.5, 0.6) is 0 Å². The van der Waals surface area contributed by atoms with Gasteiger partial charge in [-0.1, -0.05) is 38.1 Å². The third-order valence-corrected chi connectivity index (χ3v) is 4.41. The number of rotatable bonds is 6. The summed E-state index contributed by atoms with van der Waals surface area (Å²) >= 11 is 0. The zero-order chi connectivity index (χ0) is 15.2. The van der Waals surface area contributed by atoms with E-state index in [2.05, 4.69) is 4.74 Å². The largest absolute Gasteiger partial charge is 0.466 e. The van der Waals surface area contributed by atoms with Gasteiger partial charge in [-0.3, -0.25) is 0 Å². The van der Waals surface area contributed by atoms with E-state index in [1.54, 1.807) is 24.3 Å². The van der Waals surface area contributed by atoms with Crippen LogP contribution in [-0.4, -0.2) is 27.2 Å². The number of carbonyl (C=O) groups excluding carboxylic acids is 1. The number of methoxy groups -OCH3 is 1. The summed E-state index contributed by atoms with van der Waals surface area (Å²) in [6, 6.07) is 8.10. The lowest BCUT2D eigenvalue weighted by Gasteiger charge is -2.08. The second kappa shape index (κ2) is 7.24. The maximum absolute atomic E-state index is 12.3. The van der Waals surface area contributed by atoms with Crippen molar-refractivity contribution in [3.05, 3.63) is 42.0 Å². The summed E-state index contributed by atoms with van der Waals surface area (Å²) in [5.74, 6) is -0.588. The molecule has 0 aliphatic rings. The van der Waals surface area contributed by atoms with Gasteiger partial charge in [-0.25, -0.2) is 13.2 Å². The van der Waals surface area contributed by atoms with Crippen molar-refractivity contribution in [2.24, 2.45) is 5.92 Å². The van der Waals surface area contributed by atoms with E-state index < -0.39 is 15.8 Å². The molecule has 0 saturated carbocycles. The summed E-state index contributed by atoms with van der Waals surface area (Å²) in [5.41, 5.74) is 0.185. The Morgan fingerprint density at radius 3 is 2.35 bits per heavy atom. The molecule has 0 spiro atoms. The molecule has 0 aliphatic carbocycles. The fraction of sp³-hybridized carbons (Fsp3) is 0.400. The molecule has 0 fully saturated rings. The van der Waals surface area contributed by atoms with Gasteiger partial charge in [-0.15, -0.1) is 0 Å². The number of esters is 1. The van der Waals surface area contributed by atoms with Crippen molar-refractivity contribution in [1.29, 1.82) is 0 Å². The van der Waals surface area contributed by atoms with Gasteiger partial charge in [0.15, 0.2) is 9.84 Å². The average Bonchev–Trinajstić information content (AvgIpc) is 2.43. The molecule has 5 heteroatoms. The van der Waals surface area contributed by atoms with E-state index in [0.717, 1.165) is 0 Å². The van der Waals surface area contributed by atoms with E-state index in [0.29, 0.717) is 12.3 Å². The van der Waals surface area contributed by atoms with Crippen molar-refractivity contribution in [1.82, 2.24) is 0 Å². The molecule has 0 atom stereocenters. The minimum Gasteiger partial charge on any atom is -0.466 e. The Morgan fingerprint density at radius 2 is 1.85 bits per heavy atom. The first kappa shape index (κ1) is 16.4. The number of sulfone groups is 1. The predicted octanol–water partition coefficient (Wildman–Crippen LogP) is 2.61. The Balaban J connectivity index is 3.01. The van der Waals surface area contributed by atoms with Gasteiger partial charge in [-0.05, 0) is 24.5 Å². The van der Waals surface area contributed by atoms with Gasteiger partial charge in [0.05, 0.1) is 17.8 Å². The van der Waals surface area contributed by atoms with Crippen LogP contribution in [0.2, 0.25) is 0 Å². The topological polar surface area (TPSA) is 60.4 Å². The monoisotopic (exact) mass is 296 g/mol. The molecule has 1 aromatic rings. The summed E-state index contributed by atoms with van der Waals surface area (Å²) in [6.45, 7) is 3.99. The average molecular weight is 296 g/mol. The van der Waals surface area contributed by atoms with Crippen LogP contribution in [0.15, 0.2) is 46.9 Å². The number of allylic oxidation sites excluding steroid dienone is 1. The molecule has 110 valence electrons. The van der Waals surface area contributed by atoms with Crippen LogP contribution in [0, 0.1) is 5.92 Å². The normalized spacial score (nSPS) is 12.5. The third-order valence-electron chi connectivity index (χ3n) is 2.73. The quantitative estimate of drug-likeness (QED) is 0.598. The highest BCUT2D eigenvalue weighted by Crippen LogP contribution is 2.16. The Morgan fingerprint density at radius 1 is 1.25 bits per heavy atom. The highest BCUT2D eigenvalue weighted by Gasteiger charge is 2.21. The maximum atomic E-state index is 12.3. The smallest absolute Gasteiger partial charge is 0.334 e. The number of hydrogen-bond donors (Lipinski definition) is 0. The standard InChI is InChI=1S/C15H20O4S/c1-12(2)9-10-13(15(16)19-3)11-20(17,18)14-7-5-4-6-8-14/h4-8,10,12H,9,11H2,1-3H3/b13-10+. The van der Waals surface area contributed by atoms with Crippen molar-refractivity contribution < 1.29 is 17.9 Å². The van der Waals surface area contributed by atoms with E-state index in [9.17, 15) is 13.2 Å². The molecule has 0 amide bonds. The number of ether oxygens (including phenoxy) is 1. The van der Waals surface area contributed by atoms with Gasteiger partial charge in [0, 0.05) is 5.57 Å². The summed E-state index contributed by atoms with van der Waals surface area (Å²) in [5, 5.41) is 0. The molecule has 20 heavy (non-hydrogen) atoms. The Kier molecular flexibility index (Phi) is 5.95. The summed E-state index contributed by atoms with van der Waals surface area (Å²) in [4.78, 5) is 11.9. The summed E-state index contributed by atoms with van der Waals surface area (Å²) in [7, 11) is -2.28. The highest BCUT2D eigenvalue weighted by atomic mass is 32.2. The second-order valence-electron chi connectivity index (χ2n) is 4.92. The van der Waals surface area contributed by atoms with E-state index >= 15 is 0 Å². The van der Waals surface area contributed by atoms with E-state index in [1.165, 1.54) is 19.2 Å². The van der Waals surface area contributed by atoms with Gasteiger partial charge < -0.3 is 4.74 Å². The van der Waals surface area contributed by atoms with Crippen LogP contribution in [0.4, 0.5) is 0 Å². The highest BCUT2D eigenvalue weighted by molar-refractivity contribution is 7.91. The molecule has 0 aliphatic heterocycles. The summed E-state index contributed by atoms with van der Waals surface area (Å²) < 4.78 is 29.2. The van der Waals surface area contributed by atoms with Crippen molar-refractivity contribution in [3.63, 3.8) is 0 Å². The molecule has 0 radical (unpaired) electrons. The lowest BCUT2D eigenvalue weighted by atomic mass is 10.1. The molecular formula is C15H20O4S. The van der Waals surface area contributed by atoms with Gasteiger partial charge >= 0.3 is 5.97 Å². The van der Waals surface area contributed by atoms with Crippen LogP contribution < -0.4 is 0 Å². The van der Waals surface area contributed by atoms with Crippen molar-refractivity contribution in [2.75, 3.05) is 12.9 Å². The first-order valence-corrected chi connectivity index (χ1v) is 8.07. The molecule has 0 unspecified atom stereocenters. The molecule has 0 heterocycles. The van der Waals surface area contributed by atoms with Gasteiger partial charge in [0.2, 0.25) is 0 Å². The zero-order valence-corrected chi connectivity index (χ0v) is 12.8. The van der Waals surface area contributed by atoms with Crippen LogP contribution in [0.1, 0.15) is 20.3 Å². The fourth-order valence-corrected chi connectivity index (χ4v) is 3.01. The molecule has 4 nitrogen and oxygen atoms in total. The molecular weight excluding hydrogens is 276 g/mol. The van der Waals surface area contributed by atoms with E-state index in [4.69, 9.17) is 0 Å². The number of carbonyl (C=O) groups is 1. The predicted molar refractivity (Wildman–Crippen MR) is 78.0 cm³/mol. The first-order chi connectivity index (χ1) is 9.36. The number of benzene rings is 1. The van der Waals surface area contributed by atoms with E-state index in [1.807, 2.05) is 13.8 Å². The molecule has 0 saturated heterocycles. The molecule has 0 bridgehead atoms. The van der Waals surface area contributed by atoms with Crippen LogP contribution >= 0.6 is 0 Å². The Hall–Kier alpha value is -1.62. The third kappa shape index (κ3) is 4.81. The van der Waals surface area contributed by atoms with Crippen molar-refractivity contribution in [2.45, 2.75) is 25.2 Å². The molecule has 1 rings (SSSR count). The second-order valence-corrected chi connectivity index (χ2v) is 6.91. The molecule has 0 aromatic heterocycles. The molecule has 1 aromatic carbocycles. The summed E-state index contributed by atoms with van der Waals surface area (Å²) in [6.07, 6.45) is 2.28. The molecule has 0 N–H and O–H groups in total. The lowest BCUT2D eigenvalue weighted by Crippen LogP contribution is -2.16. The first-order valence-electron chi connectivity index (χ1n) is 6.42. The van der Waals surface area contributed by atoms with Crippen LogP contribution in [0.25, 0.3) is 0 Å². The maximum Gasteiger partial charge on any atom is 0.334 e. The van der Waals surface area contributed by atoms with Gasteiger partial charge in [0.25, 0.3) is 0 Å². The number of hydrogen-bond acceptors (Lipinski definition) is 4. The zero-order valence-electron chi connectivity index (χ0n) is 12.0. The van der Waals surface area contributed by atoms with Gasteiger partial charge in [0.1, 0.15) is 0 Å². The van der Waals surface area contributed by atoms with Crippen molar-refractivity contribution >= 4 is 15.8 Å². The fourth-order valence-electron chi connectivity index (χ4n) is 1.63. The Bertz CT molecular complexity index is 571. The minimum atomic E-state index is -3.53. The Labute approximate surface area is 120 Å². The van der Waals surface area contributed by atoms with Gasteiger partial charge in [-0.2, -0.15) is 0 Å². The van der Waals surface area contributed by atoms with E-state index in [-0.39, 0.29) is 16.2 Å². The van der Waals surface area contributed by atoms with Crippen LogP contribution in [0.3, 0.4) is 0 Å². The lowest BCUT2D eigenvalue weighted by molar-refractivity contribution is -0.136. The SMILES string of the molecule is COC(=O)/C(=C/CC(C)C)CS(=O)(=O)c1ccccc1. The van der Waals surface area contributed by atoms with Crippen LogP contribution in [-0.2, 0) is 19.4 Å².